The zero-order chi connectivity index (χ0) is 18.6. The predicted molar refractivity (Wildman–Crippen MR) is 100 cm³/mol. The molecule has 134 valence electrons. The molecule has 0 aromatic heterocycles. The number of amides is 2. The van der Waals surface area contributed by atoms with Crippen molar-refractivity contribution in [2.75, 3.05) is 12.9 Å². The lowest BCUT2D eigenvalue weighted by atomic mass is 9.96. The molecule has 1 aromatic carbocycles. The molecule has 1 aliphatic heterocycles. The van der Waals surface area contributed by atoms with Crippen molar-refractivity contribution < 1.29 is 14.7 Å². The summed E-state index contributed by atoms with van der Waals surface area (Å²) < 4.78 is -0.430. The molecule has 2 amide bonds. The van der Waals surface area contributed by atoms with Crippen LogP contribution < -0.4 is 10.5 Å². The van der Waals surface area contributed by atoms with Crippen molar-refractivity contribution in [3.8, 4) is 0 Å². The molecule has 25 heavy (non-hydrogen) atoms. The van der Waals surface area contributed by atoms with Gasteiger partial charge in [-0.15, -0.1) is 11.8 Å². The molecule has 1 fully saturated rings. The molecule has 0 spiro atoms. The standard InChI is InChI=1S/C17H24BN3O3S/c1-17(2)14(15(23)19-3)21(10-25-17)16(24)13(22)12(20-18)9-11-7-5-4-6-8-11/h4-8,12-14,20,22H,9-10H2,1-3H3,(H,19,23). The summed E-state index contributed by atoms with van der Waals surface area (Å²) in [6.45, 7) is 3.83. The number of thioether (sulfide) groups is 1. The Labute approximate surface area is 154 Å². The SMILES string of the molecule is [B]NC(Cc1ccccc1)C(O)C(=O)N1CSC(C)(C)C1C(=O)NC. The summed E-state index contributed by atoms with van der Waals surface area (Å²) in [5, 5.41) is 15.7. The lowest BCUT2D eigenvalue weighted by Crippen LogP contribution is -2.57. The molecule has 1 aromatic rings. The summed E-state index contributed by atoms with van der Waals surface area (Å²) in [6, 6.07) is 8.20. The van der Waals surface area contributed by atoms with E-state index in [0.29, 0.717) is 12.3 Å². The first kappa shape index (κ1) is 19.8. The van der Waals surface area contributed by atoms with Crippen LogP contribution in [-0.2, 0) is 16.0 Å². The van der Waals surface area contributed by atoms with Gasteiger partial charge in [-0.1, -0.05) is 30.3 Å². The zero-order valence-electron chi connectivity index (χ0n) is 14.7. The van der Waals surface area contributed by atoms with Crippen LogP contribution in [0.25, 0.3) is 0 Å². The number of nitrogens with one attached hydrogen (secondary N) is 2. The van der Waals surface area contributed by atoms with Gasteiger partial charge in [0.15, 0.2) is 7.98 Å². The van der Waals surface area contributed by atoms with Gasteiger partial charge >= 0.3 is 0 Å². The second-order valence-corrected chi connectivity index (χ2v) is 8.21. The molecule has 2 radical (unpaired) electrons. The van der Waals surface area contributed by atoms with Gasteiger partial charge < -0.3 is 20.6 Å². The molecule has 1 saturated heterocycles. The summed E-state index contributed by atoms with van der Waals surface area (Å²) in [7, 11) is 7.11. The van der Waals surface area contributed by atoms with Gasteiger partial charge in [0.1, 0.15) is 12.1 Å². The highest BCUT2D eigenvalue weighted by atomic mass is 32.2. The first-order chi connectivity index (χ1) is 11.8. The number of aliphatic hydroxyl groups excluding tert-OH is 1. The van der Waals surface area contributed by atoms with E-state index in [4.69, 9.17) is 7.98 Å². The van der Waals surface area contributed by atoms with E-state index in [1.807, 2.05) is 44.2 Å². The normalized spacial score (nSPS) is 21.6. The average Bonchev–Trinajstić information content (AvgIpc) is 2.93. The number of benzene rings is 1. The summed E-state index contributed by atoms with van der Waals surface area (Å²) in [5.41, 5.74) is 0.955. The van der Waals surface area contributed by atoms with E-state index < -0.39 is 28.8 Å². The molecule has 3 unspecified atom stereocenters. The van der Waals surface area contributed by atoms with Gasteiger partial charge in [-0.3, -0.25) is 9.59 Å². The Morgan fingerprint density at radius 2 is 2.04 bits per heavy atom. The molecule has 0 aliphatic carbocycles. The zero-order valence-corrected chi connectivity index (χ0v) is 15.5. The quantitative estimate of drug-likeness (QED) is 0.625. The minimum atomic E-state index is -1.34. The van der Waals surface area contributed by atoms with Crippen molar-refractivity contribution in [3.63, 3.8) is 0 Å². The molecule has 1 heterocycles. The molecule has 0 bridgehead atoms. The Hall–Kier alpha value is -1.51. The van der Waals surface area contributed by atoms with E-state index in [1.54, 1.807) is 7.05 Å². The number of rotatable bonds is 6. The molecule has 3 N–H and O–H groups in total. The van der Waals surface area contributed by atoms with Gasteiger partial charge in [0.25, 0.3) is 5.91 Å². The second-order valence-electron chi connectivity index (χ2n) is 6.61. The highest BCUT2D eigenvalue weighted by Crippen LogP contribution is 2.39. The van der Waals surface area contributed by atoms with Crippen LogP contribution in [0.2, 0.25) is 0 Å². The Balaban J connectivity index is 2.15. The maximum Gasteiger partial charge on any atom is 0.254 e. The molecule has 6 nitrogen and oxygen atoms in total. The van der Waals surface area contributed by atoms with Gasteiger partial charge in [0, 0.05) is 17.8 Å². The minimum Gasteiger partial charge on any atom is -0.382 e. The highest BCUT2D eigenvalue weighted by Gasteiger charge is 2.49. The van der Waals surface area contributed by atoms with Crippen LogP contribution in [0.1, 0.15) is 19.4 Å². The molecule has 0 saturated carbocycles. The molecular formula is C17H24BN3O3S. The van der Waals surface area contributed by atoms with Crippen LogP contribution in [0, 0.1) is 0 Å². The third kappa shape index (κ3) is 4.37. The second kappa shape index (κ2) is 8.25. The van der Waals surface area contributed by atoms with Gasteiger partial charge in [0.2, 0.25) is 5.91 Å². The molecular weight excluding hydrogens is 337 g/mol. The summed E-state index contributed by atoms with van der Waals surface area (Å²) in [5.74, 6) is -0.384. The maximum absolute atomic E-state index is 12.8. The highest BCUT2D eigenvalue weighted by molar-refractivity contribution is 8.00. The van der Waals surface area contributed by atoms with Crippen LogP contribution in [0.15, 0.2) is 30.3 Å². The third-order valence-electron chi connectivity index (χ3n) is 4.47. The lowest BCUT2D eigenvalue weighted by molar-refractivity contribution is -0.147. The van der Waals surface area contributed by atoms with Crippen molar-refractivity contribution in [3.05, 3.63) is 35.9 Å². The van der Waals surface area contributed by atoms with Crippen molar-refractivity contribution in [2.24, 2.45) is 0 Å². The smallest absolute Gasteiger partial charge is 0.254 e. The summed E-state index contributed by atoms with van der Waals surface area (Å²) in [4.78, 5) is 26.5. The Morgan fingerprint density at radius 1 is 1.40 bits per heavy atom. The van der Waals surface area contributed by atoms with Crippen LogP contribution in [0.3, 0.4) is 0 Å². The first-order valence-corrected chi connectivity index (χ1v) is 9.14. The van der Waals surface area contributed by atoms with Crippen LogP contribution in [0.5, 0.6) is 0 Å². The predicted octanol–water partition coefficient (Wildman–Crippen LogP) is 0.0578. The molecule has 2 rings (SSSR count). The number of carbonyl (C=O) groups is 2. The number of nitrogens with zero attached hydrogens (tertiary/aromatic N) is 1. The van der Waals surface area contributed by atoms with E-state index in [2.05, 4.69) is 10.5 Å². The fourth-order valence-corrected chi connectivity index (χ4v) is 4.16. The number of likely N-dealkylation sites (N-methyl/N-ethyl adjacent to an activating group) is 1. The van der Waals surface area contributed by atoms with Crippen molar-refractivity contribution >= 4 is 31.6 Å². The molecule has 8 heteroatoms. The van der Waals surface area contributed by atoms with Crippen LogP contribution in [0.4, 0.5) is 0 Å². The largest absolute Gasteiger partial charge is 0.382 e. The fraction of sp³-hybridized carbons (Fsp3) is 0.529. The van der Waals surface area contributed by atoms with E-state index in [9.17, 15) is 14.7 Å². The van der Waals surface area contributed by atoms with Crippen molar-refractivity contribution in [1.29, 1.82) is 0 Å². The Bertz CT molecular complexity index is 614. The average molecular weight is 361 g/mol. The fourth-order valence-electron chi connectivity index (χ4n) is 3.02. The number of aliphatic hydroxyl groups is 1. The Morgan fingerprint density at radius 3 is 2.60 bits per heavy atom. The van der Waals surface area contributed by atoms with Gasteiger partial charge in [0.05, 0.1) is 5.88 Å². The van der Waals surface area contributed by atoms with Gasteiger partial charge in [-0.05, 0) is 25.8 Å². The van der Waals surface area contributed by atoms with E-state index in [-0.39, 0.29) is 5.91 Å². The van der Waals surface area contributed by atoms with Crippen molar-refractivity contribution in [1.82, 2.24) is 15.4 Å². The summed E-state index contributed by atoms with van der Waals surface area (Å²) >= 11 is 1.51. The minimum absolute atomic E-state index is 0.240. The van der Waals surface area contributed by atoms with Crippen molar-refractivity contribution in [2.45, 2.75) is 43.2 Å². The number of hydrogen-bond donors (Lipinski definition) is 3. The van der Waals surface area contributed by atoms with Gasteiger partial charge in [-0.2, -0.15) is 0 Å². The van der Waals surface area contributed by atoms with E-state index in [1.165, 1.54) is 16.7 Å². The monoisotopic (exact) mass is 361 g/mol. The number of hydrogen-bond acceptors (Lipinski definition) is 5. The molecule has 3 atom stereocenters. The summed E-state index contributed by atoms with van der Waals surface area (Å²) in [6.07, 6.45) is -0.939. The van der Waals surface area contributed by atoms with Crippen LogP contribution in [-0.4, -0.2) is 65.7 Å². The first-order valence-electron chi connectivity index (χ1n) is 8.16. The lowest BCUT2D eigenvalue weighted by Gasteiger charge is -2.32. The molecule has 1 aliphatic rings. The number of carbonyl (C=O) groups excluding carboxylic acids is 2. The Kier molecular flexibility index (Phi) is 6.54. The maximum atomic E-state index is 12.8. The van der Waals surface area contributed by atoms with E-state index in [0.717, 1.165) is 5.56 Å². The topological polar surface area (TPSA) is 81.7 Å². The van der Waals surface area contributed by atoms with Crippen LogP contribution >= 0.6 is 11.8 Å². The third-order valence-corrected chi connectivity index (χ3v) is 5.84. The van der Waals surface area contributed by atoms with E-state index >= 15 is 0 Å². The van der Waals surface area contributed by atoms with Gasteiger partial charge in [-0.25, -0.2) is 0 Å².